The molecule has 1 unspecified atom stereocenters. The average Bonchev–Trinajstić information content (AvgIpc) is 2.48. The van der Waals surface area contributed by atoms with Crippen LogP contribution in [0.2, 0.25) is 0 Å². The molecule has 0 saturated heterocycles. The molecule has 0 aliphatic rings. The van der Waals surface area contributed by atoms with Crippen molar-refractivity contribution >= 4 is 27.6 Å². The van der Waals surface area contributed by atoms with Crippen LogP contribution in [0.25, 0.3) is 0 Å². The van der Waals surface area contributed by atoms with E-state index in [2.05, 4.69) is 74.6 Å². The van der Waals surface area contributed by atoms with Gasteiger partial charge in [-0.3, -0.25) is 0 Å². The van der Waals surface area contributed by atoms with Crippen LogP contribution in [0, 0.1) is 0 Å². The predicted molar refractivity (Wildman–Crippen MR) is 91.8 cm³/mol. The second-order valence-electron chi connectivity index (χ2n) is 4.97. The maximum Gasteiger partial charge on any atom is 0.133 e. The van der Waals surface area contributed by atoms with Gasteiger partial charge in [0.1, 0.15) is 17.5 Å². The fourth-order valence-corrected chi connectivity index (χ4v) is 2.36. The van der Waals surface area contributed by atoms with E-state index < -0.39 is 0 Å². The van der Waals surface area contributed by atoms with Crippen LogP contribution in [0.15, 0.2) is 34.8 Å². The molecule has 21 heavy (non-hydrogen) atoms. The highest BCUT2D eigenvalue weighted by Crippen LogP contribution is 2.21. The lowest BCUT2D eigenvalue weighted by Gasteiger charge is -2.16. The summed E-state index contributed by atoms with van der Waals surface area (Å²) < 4.78 is 1.09. The van der Waals surface area contributed by atoms with Gasteiger partial charge < -0.3 is 10.6 Å². The molecule has 0 bridgehead atoms. The molecule has 0 fully saturated rings. The summed E-state index contributed by atoms with van der Waals surface area (Å²) in [6.45, 7) is 4.26. The molecule has 0 aliphatic heterocycles. The molecule has 5 heteroatoms. The molecule has 2 N–H and O–H groups in total. The van der Waals surface area contributed by atoms with Gasteiger partial charge in [-0.2, -0.15) is 0 Å². The summed E-state index contributed by atoms with van der Waals surface area (Å²) in [6.07, 6.45) is 1.92. The van der Waals surface area contributed by atoms with Crippen molar-refractivity contribution in [3.05, 3.63) is 46.2 Å². The van der Waals surface area contributed by atoms with Crippen molar-refractivity contribution in [1.82, 2.24) is 9.97 Å². The number of halogens is 1. The third-order valence-electron chi connectivity index (χ3n) is 3.24. The zero-order valence-electron chi connectivity index (χ0n) is 12.7. The summed E-state index contributed by atoms with van der Waals surface area (Å²) in [6, 6.07) is 10.4. The van der Waals surface area contributed by atoms with E-state index in [1.165, 1.54) is 5.56 Å². The van der Waals surface area contributed by atoms with Gasteiger partial charge in [-0.15, -0.1) is 0 Å². The minimum atomic E-state index is 0.187. The van der Waals surface area contributed by atoms with E-state index >= 15 is 0 Å². The minimum Gasteiger partial charge on any atom is -0.373 e. The van der Waals surface area contributed by atoms with E-state index in [9.17, 15) is 0 Å². The maximum atomic E-state index is 4.58. The molecule has 1 atom stereocenters. The van der Waals surface area contributed by atoms with Gasteiger partial charge in [0.15, 0.2) is 0 Å². The molecule has 0 saturated carbocycles. The fraction of sp³-hybridized carbons (Fsp3) is 0.375. The van der Waals surface area contributed by atoms with Crippen LogP contribution < -0.4 is 10.6 Å². The predicted octanol–water partition coefficient (Wildman–Crippen LogP) is 4.41. The van der Waals surface area contributed by atoms with Gasteiger partial charge in [0.2, 0.25) is 0 Å². The first-order chi connectivity index (χ1) is 10.1. The minimum absolute atomic E-state index is 0.187. The molecule has 1 aromatic heterocycles. The summed E-state index contributed by atoms with van der Waals surface area (Å²) in [5.41, 5.74) is 1.22. The topological polar surface area (TPSA) is 49.8 Å². The third kappa shape index (κ3) is 4.43. The van der Waals surface area contributed by atoms with E-state index in [-0.39, 0.29) is 6.04 Å². The first-order valence-corrected chi connectivity index (χ1v) is 7.99. The normalized spacial score (nSPS) is 12.0. The number of aryl methyl sites for hydroxylation is 1. The van der Waals surface area contributed by atoms with Crippen LogP contribution in [-0.4, -0.2) is 17.0 Å². The fourth-order valence-electron chi connectivity index (χ4n) is 2.09. The van der Waals surface area contributed by atoms with Crippen LogP contribution in [0.1, 0.15) is 37.7 Å². The lowest BCUT2D eigenvalue weighted by Crippen LogP contribution is -2.10. The Morgan fingerprint density at radius 1 is 1.14 bits per heavy atom. The van der Waals surface area contributed by atoms with Gasteiger partial charge in [-0.25, -0.2) is 9.97 Å². The summed E-state index contributed by atoms with van der Waals surface area (Å²) in [5, 5.41) is 6.53. The molecule has 0 aliphatic carbocycles. The van der Waals surface area contributed by atoms with Gasteiger partial charge in [0.25, 0.3) is 0 Å². The molecule has 2 rings (SSSR count). The van der Waals surface area contributed by atoms with Crippen LogP contribution in [0.4, 0.5) is 11.6 Å². The first-order valence-electron chi connectivity index (χ1n) is 7.20. The molecule has 1 heterocycles. The second kappa shape index (κ2) is 7.41. The molecule has 0 amide bonds. The molecule has 1 aromatic carbocycles. The molecule has 0 radical (unpaired) electrons. The number of aromatic nitrogens is 2. The highest BCUT2D eigenvalue weighted by atomic mass is 79.9. The summed E-state index contributed by atoms with van der Waals surface area (Å²) in [7, 11) is 1.87. The second-order valence-corrected chi connectivity index (χ2v) is 5.89. The third-order valence-corrected chi connectivity index (χ3v) is 3.77. The van der Waals surface area contributed by atoms with Crippen molar-refractivity contribution < 1.29 is 0 Å². The van der Waals surface area contributed by atoms with Crippen molar-refractivity contribution in [2.45, 2.75) is 32.7 Å². The van der Waals surface area contributed by atoms with Crippen LogP contribution in [0.5, 0.6) is 0 Å². The molecular formula is C16H21BrN4. The Morgan fingerprint density at radius 3 is 2.43 bits per heavy atom. The summed E-state index contributed by atoms with van der Waals surface area (Å²) in [5.74, 6) is 2.57. The molecule has 112 valence electrons. The van der Waals surface area contributed by atoms with Gasteiger partial charge in [0, 0.05) is 30.0 Å². The Kier molecular flexibility index (Phi) is 5.56. The smallest absolute Gasteiger partial charge is 0.133 e. The van der Waals surface area contributed by atoms with E-state index in [4.69, 9.17) is 0 Å². The lowest BCUT2D eigenvalue weighted by molar-refractivity contribution is 0.820. The van der Waals surface area contributed by atoms with E-state index in [1.807, 2.05) is 13.1 Å². The van der Waals surface area contributed by atoms with Crippen molar-refractivity contribution in [1.29, 1.82) is 0 Å². The highest BCUT2D eigenvalue weighted by Gasteiger charge is 2.08. The van der Waals surface area contributed by atoms with Crippen molar-refractivity contribution in [3.63, 3.8) is 0 Å². The van der Waals surface area contributed by atoms with Crippen molar-refractivity contribution in [3.8, 4) is 0 Å². The number of benzene rings is 1. The van der Waals surface area contributed by atoms with E-state index in [0.717, 1.165) is 34.8 Å². The van der Waals surface area contributed by atoms with Crippen molar-refractivity contribution in [2.24, 2.45) is 0 Å². The number of hydrogen-bond acceptors (Lipinski definition) is 4. The molecular weight excluding hydrogens is 328 g/mol. The van der Waals surface area contributed by atoms with Crippen LogP contribution in [-0.2, 0) is 6.42 Å². The van der Waals surface area contributed by atoms with Gasteiger partial charge in [-0.1, -0.05) is 35.0 Å². The number of rotatable bonds is 6. The molecule has 4 nitrogen and oxygen atoms in total. The number of hydrogen-bond donors (Lipinski definition) is 2. The first kappa shape index (κ1) is 15.8. The number of nitrogens with one attached hydrogen (secondary N) is 2. The highest BCUT2D eigenvalue weighted by molar-refractivity contribution is 9.10. The quantitative estimate of drug-likeness (QED) is 0.811. The largest absolute Gasteiger partial charge is 0.373 e. The van der Waals surface area contributed by atoms with Gasteiger partial charge >= 0.3 is 0 Å². The zero-order valence-corrected chi connectivity index (χ0v) is 14.2. The monoisotopic (exact) mass is 348 g/mol. The Labute approximate surface area is 134 Å². The number of nitrogens with zero attached hydrogens (tertiary/aromatic N) is 2. The Morgan fingerprint density at radius 2 is 1.81 bits per heavy atom. The summed E-state index contributed by atoms with van der Waals surface area (Å²) >= 11 is 3.46. The van der Waals surface area contributed by atoms with Crippen LogP contribution in [0.3, 0.4) is 0 Å². The van der Waals surface area contributed by atoms with Gasteiger partial charge in [-0.05, 0) is 31.0 Å². The Bertz CT molecular complexity index is 583. The zero-order chi connectivity index (χ0) is 15.2. The van der Waals surface area contributed by atoms with Gasteiger partial charge in [0.05, 0.1) is 0 Å². The molecule has 0 spiro atoms. The maximum absolute atomic E-state index is 4.58. The van der Waals surface area contributed by atoms with Crippen molar-refractivity contribution in [2.75, 3.05) is 17.7 Å². The van der Waals surface area contributed by atoms with E-state index in [1.54, 1.807) is 0 Å². The standard InChI is InChI=1S/C16H21BrN4/c1-4-5-14-20-15(18-3)10-16(21-14)19-11(2)12-6-8-13(17)9-7-12/h6-11H,4-5H2,1-3H3,(H2,18,19,20,21). The lowest BCUT2D eigenvalue weighted by atomic mass is 10.1. The number of anilines is 2. The van der Waals surface area contributed by atoms with Crippen LogP contribution >= 0.6 is 15.9 Å². The summed E-state index contributed by atoms with van der Waals surface area (Å²) in [4.78, 5) is 9.05. The Balaban J connectivity index is 2.17. The molecule has 2 aromatic rings. The Hall–Kier alpha value is -1.62. The average molecular weight is 349 g/mol. The SMILES string of the molecule is CCCc1nc(NC)cc(NC(C)c2ccc(Br)cc2)n1. The van der Waals surface area contributed by atoms with E-state index in [0.29, 0.717) is 0 Å².